The van der Waals surface area contributed by atoms with Gasteiger partial charge in [0.1, 0.15) is 25.4 Å². The molecule has 0 fully saturated rings. The summed E-state index contributed by atoms with van der Waals surface area (Å²) < 4.78 is 27.9. The number of hydrogen-bond donors (Lipinski definition) is 0. The van der Waals surface area contributed by atoms with E-state index in [9.17, 15) is 29.4 Å². The Morgan fingerprint density at radius 1 is 0.690 bits per heavy atom. The molecule has 0 amide bonds. The first-order valence-corrected chi connectivity index (χ1v) is 8.04. The second kappa shape index (κ2) is 21.1. The van der Waals surface area contributed by atoms with Crippen LogP contribution in [0.5, 0.6) is 0 Å². The summed E-state index contributed by atoms with van der Waals surface area (Å²) in [6, 6.07) is 0. The van der Waals surface area contributed by atoms with Gasteiger partial charge in [-0.15, -0.1) is 0 Å². The Labute approximate surface area is 181 Å². The third kappa shape index (κ3) is 26.3. The molecule has 0 aliphatic rings. The zero-order valence-corrected chi connectivity index (χ0v) is 20.0. The van der Waals surface area contributed by atoms with E-state index in [1.807, 2.05) is 0 Å². The van der Waals surface area contributed by atoms with E-state index in [0.29, 0.717) is 0 Å². The molecule has 13 heteroatoms. The molecule has 0 N–H and O–H groups in total. The quantitative estimate of drug-likeness (QED) is 0.181. The molecule has 0 spiro atoms. The second-order valence-electron chi connectivity index (χ2n) is 5.24. The summed E-state index contributed by atoms with van der Waals surface area (Å²) in [6.07, 6.45) is -0.752. The second-order valence-corrected chi connectivity index (χ2v) is 5.24. The molecule has 29 heavy (non-hydrogen) atoms. The summed E-state index contributed by atoms with van der Waals surface area (Å²) in [4.78, 5) is 41.6. The monoisotopic (exact) mass is 474 g/mol. The van der Waals surface area contributed by atoms with Crippen LogP contribution in [0, 0.1) is 0 Å². The van der Waals surface area contributed by atoms with Crippen LogP contribution in [-0.2, 0) is 67.1 Å². The normalized spacial score (nSPS) is 11.7. The first-order valence-electron chi connectivity index (χ1n) is 8.04. The number of carbonyl (C=O) groups excluding carboxylic acids is 4. The van der Waals surface area contributed by atoms with Crippen LogP contribution >= 0.6 is 0 Å². The number of carboxylic acid groups (broad SMARTS) is 2. The maximum Gasteiger partial charge on any atom is 2.00 e. The molecule has 164 valence electrons. The molecule has 0 bridgehead atoms. The number of esters is 2. The van der Waals surface area contributed by atoms with Gasteiger partial charge in [-0.2, -0.15) is 0 Å². The van der Waals surface area contributed by atoms with Gasteiger partial charge < -0.3 is 48.2 Å². The van der Waals surface area contributed by atoms with Crippen molar-refractivity contribution < 1.29 is 77.3 Å². The number of carboxylic acids is 2. The minimum absolute atomic E-state index is 0. The Kier molecular flexibility index (Phi) is 23.3. The molecule has 0 aromatic heterocycles. The van der Waals surface area contributed by atoms with Crippen LogP contribution in [0.15, 0.2) is 0 Å². The van der Waals surface area contributed by atoms with Crippen LogP contribution in [-0.4, -0.2) is 89.9 Å². The van der Waals surface area contributed by atoms with Crippen molar-refractivity contribution in [2.24, 2.45) is 0 Å². The van der Waals surface area contributed by atoms with Crippen molar-refractivity contribution in [2.75, 3.05) is 53.9 Å². The van der Waals surface area contributed by atoms with E-state index < -0.39 is 50.3 Å². The van der Waals surface area contributed by atoms with Crippen molar-refractivity contribution >= 4 is 23.9 Å². The van der Waals surface area contributed by atoms with Crippen LogP contribution in [0.1, 0.15) is 13.8 Å². The van der Waals surface area contributed by atoms with Gasteiger partial charge in [0.2, 0.25) is 0 Å². The third-order valence-electron chi connectivity index (χ3n) is 2.35. The number of ether oxygens (including phenoxy) is 6. The summed E-state index contributed by atoms with van der Waals surface area (Å²) in [5.41, 5.74) is 0. The van der Waals surface area contributed by atoms with Crippen LogP contribution in [0.25, 0.3) is 0 Å². The van der Waals surface area contributed by atoms with Crippen molar-refractivity contribution in [3.05, 3.63) is 0 Å². The summed E-state index contributed by atoms with van der Waals surface area (Å²) in [5, 5.41) is 19.8. The van der Waals surface area contributed by atoms with Crippen LogP contribution < -0.4 is 10.2 Å². The van der Waals surface area contributed by atoms with Crippen LogP contribution in [0.2, 0.25) is 0 Å². The standard InChI is InChI=1S/2C8H14O6.Zn/c2*1-6(3-12-2)14-8(11)5-13-4-7(9)10;/h2*6H,3-5H2,1-2H3,(H,9,10);/q;;+2/p-2. The molecule has 2 atom stereocenters. The maximum absolute atomic E-state index is 10.9. The fourth-order valence-corrected chi connectivity index (χ4v) is 1.49. The minimum atomic E-state index is -1.37. The van der Waals surface area contributed by atoms with Gasteiger partial charge in [0.05, 0.1) is 38.4 Å². The molecule has 0 rings (SSSR count). The van der Waals surface area contributed by atoms with E-state index in [0.717, 1.165) is 0 Å². The van der Waals surface area contributed by atoms with Gasteiger partial charge in [-0.05, 0) is 13.8 Å². The van der Waals surface area contributed by atoms with Crippen molar-refractivity contribution in [3.63, 3.8) is 0 Å². The van der Waals surface area contributed by atoms with Gasteiger partial charge in [0, 0.05) is 14.2 Å². The Morgan fingerprint density at radius 3 is 1.24 bits per heavy atom. The number of carbonyl (C=O) groups is 4. The van der Waals surface area contributed by atoms with Crippen molar-refractivity contribution in [1.29, 1.82) is 0 Å². The fourth-order valence-electron chi connectivity index (χ4n) is 1.49. The van der Waals surface area contributed by atoms with Gasteiger partial charge in [-0.1, -0.05) is 0 Å². The summed E-state index contributed by atoms with van der Waals surface area (Å²) in [7, 11) is 2.97. The molecule has 0 radical (unpaired) electrons. The van der Waals surface area contributed by atoms with Gasteiger partial charge in [-0.3, -0.25) is 0 Å². The third-order valence-corrected chi connectivity index (χ3v) is 2.35. The van der Waals surface area contributed by atoms with Gasteiger partial charge in [0.15, 0.2) is 0 Å². The fraction of sp³-hybridized carbons (Fsp3) is 0.750. The van der Waals surface area contributed by atoms with Crippen LogP contribution in [0.4, 0.5) is 0 Å². The molecule has 0 aromatic rings. The molecule has 0 heterocycles. The molecule has 0 saturated heterocycles. The Morgan fingerprint density at radius 2 is 1.00 bits per heavy atom. The Hall–Kier alpha value is -1.66. The largest absolute Gasteiger partial charge is 2.00 e. The van der Waals surface area contributed by atoms with E-state index in [2.05, 4.69) is 9.47 Å². The molecule has 0 aliphatic carbocycles. The van der Waals surface area contributed by atoms with Crippen molar-refractivity contribution in [1.82, 2.24) is 0 Å². The van der Waals surface area contributed by atoms with E-state index in [1.165, 1.54) is 14.2 Å². The SMILES string of the molecule is COCC(C)OC(=O)COCC(=O)[O-].COCC(C)OC(=O)COCC(=O)[O-].[Zn+2]. The van der Waals surface area contributed by atoms with Gasteiger partial charge >= 0.3 is 31.4 Å². The average molecular weight is 476 g/mol. The topological polar surface area (TPSA) is 170 Å². The number of aliphatic carboxylic acids is 2. The maximum atomic E-state index is 10.9. The summed E-state index contributed by atoms with van der Waals surface area (Å²) in [6.45, 7) is 1.84. The van der Waals surface area contributed by atoms with Crippen molar-refractivity contribution in [2.45, 2.75) is 26.1 Å². The van der Waals surface area contributed by atoms with E-state index >= 15 is 0 Å². The number of hydrogen-bond acceptors (Lipinski definition) is 12. The summed E-state index contributed by atoms with van der Waals surface area (Å²) in [5.74, 6) is -4.00. The van der Waals surface area contributed by atoms with E-state index in [4.69, 9.17) is 18.9 Å². The Balaban J connectivity index is -0.000000451. The first-order chi connectivity index (χ1) is 13.1. The number of rotatable bonds is 14. The average Bonchev–Trinajstić information content (AvgIpc) is 2.54. The minimum Gasteiger partial charge on any atom is -0.548 e. The molecule has 0 saturated carbocycles. The molecule has 12 nitrogen and oxygen atoms in total. The zero-order valence-electron chi connectivity index (χ0n) is 17.0. The predicted octanol–water partition coefficient (Wildman–Crippen LogP) is -3.34. The molecule has 0 aromatic carbocycles. The Bertz CT molecular complexity index is 429. The molecular weight excluding hydrogens is 450 g/mol. The predicted molar refractivity (Wildman–Crippen MR) is 86.5 cm³/mol. The molecule has 2 unspecified atom stereocenters. The van der Waals surface area contributed by atoms with Gasteiger partial charge in [0.25, 0.3) is 0 Å². The number of methoxy groups -OCH3 is 2. The van der Waals surface area contributed by atoms with Gasteiger partial charge in [-0.25, -0.2) is 9.59 Å². The smallest absolute Gasteiger partial charge is 0.548 e. The zero-order chi connectivity index (χ0) is 21.9. The molecular formula is C16H26O12Zn. The van der Waals surface area contributed by atoms with E-state index in [1.54, 1.807) is 13.8 Å². The first kappa shape index (κ1) is 32.0. The summed E-state index contributed by atoms with van der Waals surface area (Å²) >= 11 is 0. The van der Waals surface area contributed by atoms with E-state index in [-0.39, 0.29) is 44.9 Å². The van der Waals surface area contributed by atoms with Crippen molar-refractivity contribution in [3.8, 4) is 0 Å². The van der Waals surface area contributed by atoms with Crippen LogP contribution in [0.3, 0.4) is 0 Å². The molecule has 0 aliphatic heterocycles.